The molecule has 0 bridgehead atoms. The maximum Gasteiger partial charge on any atom is 0.136 e. The number of carboxylic acid groups (broad SMARTS) is 1. The van der Waals surface area contributed by atoms with Crippen LogP contribution in [0.1, 0.15) is 42.5 Å². The Bertz CT molecular complexity index is 1290. The fourth-order valence-electron chi connectivity index (χ4n) is 3.60. The predicted molar refractivity (Wildman–Crippen MR) is 120 cm³/mol. The van der Waals surface area contributed by atoms with Gasteiger partial charge in [-0.1, -0.05) is 80.1 Å². The van der Waals surface area contributed by atoms with Gasteiger partial charge in [-0.3, -0.25) is 4.99 Å². The Balaban J connectivity index is 1.93. The van der Waals surface area contributed by atoms with Gasteiger partial charge in [0.25, 0.3) is 0 Å². The van der Waals surface area contributed by atoms with Gasteiger partial charge in [0.15, 0.2) is 0 Å². The average molecular weight is 410 g/mol. The number of fused-ring (bicyclic) bond motifs is 1. The highest BCUT2D eigenvalue weighted by atomic mass is 16.4. The second kappa shape index (κ2) is 8.60. The fourth-order valence-corrected chi connectivity index (χ4v) is 3.60. The van der Waals surface area contributed by atoms with Gasteiger partial charge in [-0.2, -0.15) is 0 Å². The zero-order chi connectivity index (χ0) is 22.0. The first-order valence-electron chi connectivity index (χ1n) is 10.4. The van der Waals surface area contributed by atoms with Crippen LogP contribution in [0.4, 0.5) is 0 Å². The van der Waals surface area contributed by atoms with Gasteiger partial charge in [0.05, 0.1) is 11.3 Å². The van der Waals surface area contributed by atoms with Crippen LogP contribution in [-0.4, -0.2) is 5.97 Å². The van der Waals surface area contributed by atoms with Crippen molar-refractivity contribution in [2.24, 2.45) is 4.99 Å². The van der Waals surface area contributed by atoms with Crippen LogP contribution in [0.25, 0.3) is 22.3 Å². The van der Waals surface area contributed by atoms with Gasteiger partial charge in [0.1, 0.15) is 17.4 Å². The molecule has 0 aliphatic carbocycles. The summed E-state index contributed by atoms with van der Waals surface area (Å²) in [6.45, 7) is 6.28. The lowest BCUT2D eigenvalue weighted by molar-refractivity contribution is -0.307. The smallest absolute Gasteiger partial charge is 0.136 e. The van der Waals surface area contributed by atoms with Crippen molar-refractivity contribution in [3.05, 3.63) is 101 Å². The maximum absolute atomic E-state index is 11.9. The Hall–Kier alpha value is -3.66. The van der Waals surface area contributed by atoms with Crippen molar-refractivity contribution in [2.75, 3.05) is 0 Å². The first kappa shape index (κ1) is 20.6. The highest BCUT2D eigenvalue weighted by Crippen LogP contribution is 2.26. The summed E-state index contributed by atoms with van der Waals surface area (Å²) in [6.07, 6.45) is 0. The summed E-state index contributed by atoms with van der Waals surface area (Å²) in [5, 5.41) is 13.3. The topological polar surface area (TPSA) is 65.6 Å². The van der Waals surface area contributed by atoms with E-state index < -0.39 is 12.0 Å². The number of aryl methyl sites for hydroxylation is 1. The molecule has 0 N–H and O–H groups in total. The molecule has 0 radical (unpaired) electrons. The van der Waals surface area contributed by atoms with Gasteiger partial charge < -0.3 is 14.3 Å². The van der Waals surface area contributed by atoms with Crippen molar-refractivity contribution in [1.29, 1.82) is 0 Å². The molecule has 1 heterocycles. The number of carboxylic acids is 1. The highest BCUT2D eigenvalue weighted by molar-refractivity contribution is 5.80. The van der Waals surface area contributed by atoms with E-state index in [0.717, 1.165) is 16.5 Å². The number of nitrogens with zero attached hydrogens (tertiary/aromatic N) is 1. The molecule has 0 amide bonds. The van der Waals surface area contributed by atoms with Crippen LogP contribution in [-0.2, 0) is 4.79 Å². The zero-order valence-electron chi connectivity index (χ0n) is 17.8. The Labute approximate surface area is 181 Å². The van der Waals surface area contributed by atoms with Crippen molar-refractivity contribution in [3.63, 3.8) is 0 Å². The van der Waals surface area contributed by atoms with E-state index in [1.54, 1.807) is 24.3 Å². The molecular formula is C27H24NO3-. The van der Waals surface area contributed by atoms with Crippen LogP contribution >= 0.6 is 0 Å². The van der Waals surface area contributed by atoms with Crippen molar-refractivity contribution in [3.8, 4) is 11.3 Å². The number of benzene rings is 3. The lowest BCUT2D eigenvalue weighted by atomic mass is 10.0. The largest absolute Gasteiger partial charge is 0.547 e. The minimum absolute atomic E-state index is 0.436. The molecule has 4 rings (SSSR count). The summed E-state index contributed by atoms with van der Waals surface area (Å²) in [7, 11) is 0. The first-order valence-corrected chi connectivity index (χ1v) is 10.4. The molecule has 0 aliphatic heterocycles. The molecule has 4 heteroatoms. The summed E-state index contributed by atoms with van der Waals surface area (Å²) >= 11 is 0. The molecule has 0 fully saturated rings. The Morgan fingerprint density at radius 2 is 1.61 bits per heavy atom. The summed E-state index contributed by atoms with van der Waals surface area (Å²) in [4.78, 5) is 16.5. The molecule has 0 saturated heterocycles. The third kappa shape index (κ3) is 4.43. The Morgan fingerprint density at radius 1 is 0.903 bits per heavy atom. The quantitative estimate of drug-likeness (QED) is 0.469. The maximum atomic E-state index is 11.9. The molecule has 1 aromatic heterocycles. The molecule has 0 spiro atoms. The van der Waals surface area contributed by atoms with E-state index in [0.29, 0.717) is 28.2 Å². The van der Waals surface area contributed by atoms with Crippen LogP contribution < -0.4 is 10.5 Å². The van der Waals surface area contributed by atoms with Gasteiger partial charge in [-0.15, -0.1) is 0 Å². The monoisotopic (exact) mass is 410 g/mol. The summed E-state index contributed by atoms with van der Waals surface area (Å²) in [6, 6.07) is 23.7. The van der Waals surface area contributed by atoms with E-state index in [4.69, 9.17) is 4.42 Å². The molecule has 4 nitrogen and oxygen atoms in total. The van der Waals surface area contributed by atoms with E-state index >= 15 is 0 Å². The van der Waals surface area contributed by atoms with Crippen molar-refractivity contribution < 1.29 is 14.3 Å². The summed E-state index contributed by atoms with van der Waals surface area (Å²) in [5.41, 5.74) is 4.42. The minimum Gasteiger partial charge on any atom is -0.547 e. The number of carbonyl (C=O) groups is 1. The number of hydrogen-bond acceptors (Lipinski definition) is 4. The predicted octanol–water partition coefficient (Wildman–Crippen LogP) is 4.92. The highest BCUT2D eigenvalue weighted by Gasteiger charge is 2.13. The van der Waals surface area contributed by atoms with Crippen LogP contribution in [0.2, 0.25) is 0 Å². The van der Waals surface area contributed by atoms with E-state index in [1.807, 2.05) is 49.4 Å². The van der Waals surface area contributed by atoms with Gasteiger partial charge in [0, 0.05) is 17.0 Å². The van der Waals surface area contributed by atoms with E-state index in [-0.39, 0.29) is 0 Å². The molecule has 31 heavy (non-hydrogen) atoms. The first-order chi connectivity index (χ1) is 14.9. The third-order valence-electron chi connectivity index (χ3n) is 5.37. The standard InChI is InChI=1S/C27H25NO3/c1-17(2)19-10-12-20(13-11-19)25-16-23(22-15-18(3)9-14-24(22)31-25)28-26(27(29)30)21-7-5-4-6-8-21/h4-17,26H,1-3H3,(H,29,30)/p-1/t26-/m0/s1. The molecule has 1 atom stereocenters. The van der Waals surface area contributed by atoms with Gasteiger partial charge in [-0.25, -0.2) is 0 Å². The lowest BCUT2D eigenvalue weighted by Gasteiger charge is -2.14. The van der Waals surface area contributed by atoms with Gasteiger partial charge in [-0.05, 0) is 36.1 Å². The van der Waals surface area contributed by atoms with Gasteiger partial charge in [0.2, 0.25) is 0 Å². The SMILES string of the molecule is Cc1ccc2oc(-c3ccc(C(C)C)cc3)cc(=N[C@H](C(=O)[O-])c3ccccc3)c2c1. The molecule has 156 valence electrons. The molecule has 0 aliphatic rings. The molecule has 0 unspecified atom stereocenters. The van der Waals surface area contributed by atoms with Crippen molar-refractivity contribution >= 4 is 16.9 Å². The van der Waals surface area contributed by atoms with E-state index in [2.05, 4.69) is 31.0 Å². The van der Waals surface area contributed by atoms with Crippen molar-refractivity contribution in [2.45, 2.75) is 32.7 Å². The van der Waals surface area contributed by atoms with Gasteiger partial charge >= 0.3 is 0 Å². The average Bonchev–Trinajstić information content (AvgIpc) is 2.77. The van der Waals surface area contributed by atoms with Crippen LogP contribution in [0, 0.1) is 6.92 Å². The number of carbonyl (C=O) groups excluding carboxylic acids is 1. The van der Waals surface area contributed by atoms with Crippen LogP contribution in [0.15, 0.2) is 88.3 Å². The number of rotatable bonds is 5. The number of hydrogen-bond donors (Lipinski definition) is 0. The molecular weight excluding hydrogens is 386 g/mol. The van der Waals surface area contributed by atoms with Crippen molar-refractivity contribution in [1.82, 2.24) is 0 Å². The van der Waals surface area contributed by atoms with E-state index in [9.17, 15) is 9.90 Å². The Morgan fingerprint density at radius 3 is 2.26 bits per heavy atom. The molecule has 3 aromatic carbocycles. The lowest BCUT2D eigenvalue weighted by Crippen LogP contribution is -2.30. The van der Waals surface area contributed by atoms with E-state index in [1.165, 1.54) is 5.56 Å². The Kier molecular flexibility index (Phi) is 5.72. The second-order valence-electron chi connectivity index (χ2n) is 8.03. The number of aliphatic carboxylic acids is 1. The second-order valence-corrected chi connectivity index (χ2v) is 8.03. The minimum atomic E-state index is -1.24. The van der Waals surface area contributed by atoms with Crippen LogP contribution in [0.5, 0.6) is 0 Å². The molecule has 4 aromatic rings. The summed E-state index contributed by atoms with van der Waals surface area (Å²) in [5.74, 6) is -0.169. The molecule has 0 saturated carbocycles. The normalized spacial score (nSPS) is 13.0. The van der Waals surface area contributed by atoms with Crippen LogP contribution in [0.3, 0.4) is 0 Å². The third-order valence-corrected chi connectivity index (χ3v) is 5.37. The summed E-state index contributed by atoms with van der Waals surface area (Å²) < 4.78 is 6.17. The zero-order valence-corrected chi connectivity index (χ0v) is 17.8. The fraction of sp³-hybridized carbons (Fsp3) is 0.185.